The van der Waals surface area contributed by atoms with Gasteiger partial charge in [-0.3, -0.25) is 4.18 Å². The Kier molecular flexibility index (Phi) is 15.9. The molecule has 0 aliphatic rings. The van der Waals surface area contributed by atoms with Crippen molar-refractivity contribution in [1.82, 2.24) is 0 Å². The van der Waals surface area contributed by atoms with Crippen LogP contribution in [0.15, 0.2) is 0 Å². The van der Waals surface area contributed by atoms with Crippen molar-refractivity contribution in [1.29, 1.82) is 0 Å². The Hall–Kier alpha value is 0.910. The van der Waals surface area contributed by atoms with Crippen molar-refractivity contribution in [2.24, 2.45) is 0 Å². The minimum Gasteiger partial charge on any atom is -1.00 e. The molecule has 0 rings (SSSR count). The van der Waals surface area contributed by atoms with Crippen LogP contribution in [0.4, 0.5) is 0 Å². The maximum Gasteiger partial charge on any atom is 1.00 e. The smallest absolute Gasteiger partial charge is 1.00 e. The van der Waals surface area contributed by atoms with Gasteiger partial charge in [-0.15, -0.1) is 0 Å². The average molecular weight is 274 g/mol. The SMILES string of the molecule is CCCCCCCCOS(=O)(=O)CCCC.[H-].[Na+]. The molecule has 5 heteroatoms. The number of hydrogen-bond donors (Lipinski definition) is 0. The predicted octanol–water partition coefficient (Wildman–Crippen LogP) is 0.610. The van der Waals surface area contributed by atoms with E-state index in [9.17, 15) is 8.42 Å². The Morgan fingerprint density at radius 2 is 1.41 bits per heavy atom. The molecule has 0 radical (unpaired) electrons. The summed E-state index contributed by atoms with van der Waals surface area (Å²) in [6.45, 7) is 4.52. The second kappa shape index (κ2) is 13.3. The van der Waals surface area contributed by atoms with Crippen molar-refractivity contribution in [3.63, 3.8) is 0 Å². The molecule has 0 spiro atoms. The van der Waals surface area contributed by atoms with E-state index in [1.54, 1.807) is 0 Å². The van der Waals surface area contributed by atoms with E-state index in [2.05, 4.69) is 6.92 Å². The van der Waals surface area contributed by atoms with Gasteiger partial charge in [-0.05, 0) is 12.8 Å². The first-order valence-electron chi connectivity index (χ1n) is 6.49. The van der Waals surface area contributed by atoms with Gasteiger partial charge in [-0.25, -0.2) is 0 Å². The van der Waals surface area contributed by atoms with Gasteiger partial charge in [0.15, 0.2) is 0 Å². The van der Waals surface area contributed by atoms with Crippen LogP contribution in [0.1, 0.15) is 66.6 Å². The summed E-state index contributed by atoms with van der Waals surface area (Å²) in [5, 5.41) is 0. The molecular formula is C12H27NaO3S. The molecule has 3 nitrogen and oxygen atoms in total. The minimum atomic E-state index is -3.24. The predicted molar refractivity (Wildman–Crippen MR) is 69.1 cm³/mol. The zero-order valence-corrected chi connectivity index (χ0v) is 14.5. The van der Waals surface area contributed by atoms with Gasteiger partial charge in [0, 0.05) is 0 Å². The third-order valence-electron chi connectivity index (χ3n) is 2.51. The van der Waals surface area contributed by atoms with Crippen molar-refractivity contribution in [2.45, 2.75) is 65.2 Å². The zero-order valence-electron chi connectivity index (χ0n) is 12.7. The average Bonchev–Trinajstić information content (AvgIpc) is 2.25. The summed E-state index contributed by atoms with van der Waals surface area (Å²) >= 11 is 0. The van der Waals surface area contributed by atoms with Gasteiger partial charge in [0.1, 0.15) is 0 Å². The summed E-state index contributed by atoms with van der Waals surface area (Å²) in [5.74, 6) is 0.166. The van der Waals surface area contributed by atoms with Gasteiger partial charge in [0.2, 0.25) is 0 Å². The van der Waals surface area contributed by atoms with Crippen LogP contribution in [0, 0.1) is 0 Å². The van der Waals surface area contributed by atoms with E-state index in [0.29, 0.717) is 13.0 Å². The van der Waals surface area contributed by atoms with Crippen LogP contribution < -0.4 is 29.6 Å². The van der Waals surface area contributed by atoms with Crippen LogP contribution in [0.5, 0.6) is 0 Å². The van der Waals surface area contributed by atoms with Crippen LogP contribution in [0.25, 0.3) is 0 Å². The number of rotatable bonds is 11. The zero-order chi connectivity index (χ0) is 12.3. The summed E-state index contributed by atoms with van der Waals surface area (Å²) in [7, 11) is -3.24. The monoisotopic (exact) mass is 274 g/mol. The second-order valence-electron chi connectivity index (χ2n) is 4.21. The van der Waals surface area contributed by atoms with Gasteiger partial charge in [0.05, 0.1) is 12.4 Å². The summed E-state index contributed by atoms with van der Waals surface area (Å²) in [5.41, 5.74) is 0. The Bertz CT molecular complexity index is 246. The van der Waals surface area contributed by atoms with Gasteiger partial charge >= 0.3 is 29.6 Å². The third kappa shape index (κ3) is 14.9. The molecule has 0 aliphatic carbocycles. The standard InChI is InChI=1S/C12H26O3S.Na.H/c1-3-5-7-8-9-10-11-15-16(13,14)12-6-4-2;;/h3-12H2,1-2H3;;/q;+1;-1. The molecule has 17 heavy (non-hydrogen) atoms. The molecule has 0 unspecified atom stereocenters. The largest absolute Gasteiger partial charge is 1.00 e. The van der Waals surface area contributed by atoms with E-state index in [1.807, 2.05) is 6.92 Å². The fraction of sp³-hybridized carbons (Fsp3) is 1.00. The van der Waals surface area contributed by atoms with E-state index in [1.165, 1.54) is 25.7 Å². The van der Waals surface area contributed by atoms with Crippen LogP contribution in [0.2, 0.25) is 0 Å². The molecule has 0 heterocycles. The molecule has 0 aromatic rings. The van der Waals surface area contributed by atoms with Crippen molar-refractivity contribution >= 4 is 10.1 Å². The molecule has 0 fully saturated rings. The Morgan fingerprint density at radius 3 is 2.00 bits per heavy atom. The molecule has 0 aliphatic heterocycles. The Balaban J connectivity index is -0.00000112. The fourth-order valence-corrected chi connectivity index (χ4v) is 2.58. The summed E-state index contributed by atoms with van der Waals surface area (Å²) in [4.78, 5) is 0. The molecular weight excluding hydrogens is 247 g/mol. The van der Waals surface area contributed by atoms with Crippen molar-refractivity contribution in [3.8, 4) is 0 Å². The van der Waals surface area contributed by atoms with Crippen molar-refractivity contribution in [2.75, 3.05) is 12.4 Å². The van der Waals surface area contributed by atoms with Gasteiger partial charge in [-0.1, -0.05) is 52.4 Å². The molecule has 0 bridgehead atoms. The maximum absolute atomic E-state index is 11.3. The molecule has 0 saturated carbocycles. The molecule has 0 aromatic heterocycles. The maximum atomic E-state index is 11.3. The normalized spacial score (nSPS) is 11.2. The Labute approximate surface area is 131 Å². The Morgan fingerprint density at radius 1 is 0.882 bits per heavy atom. The van der Waals surface area contributed by atoms with E-state index < -0.39 is 10.1 Å². The molecule has 0 aromatic carbocycles. The summed E-state index contributed by atoms with van der Waals surface area (Å²) in [6.07, 6.45) is 8.46. The topological polar surface area (TPSA) is 43.4 Å². The van der Waals surface area contributed by atoms with Crippen LogP contribution in [-0.4, -0.2) is 20.8 Å². The van der Waals surface area contributed by atoms with Gasteiger partial charge < -0.3 is 1.43 Å². The molecule has 0 amide bonds. The van der Waals surface area contributed by atoms with E-state index in [4.69, 9.17) is 4.18 Å². The first kappa shape index (κ1) is 20.2. The van der Waals surface area contributed by atoms with Crippen molar-refractivity contribution < 1.29 is 43.6 Å². The van der Waals surface area contributed by atoms with Gasteiger partial charge in [-0.2, -0.15) is 8.42 Å². The molecule has 0 N–H and O–H groups in total. The minimum absolute atomic E-state index is 0. The van der Waals surface area contributed by atoms with Crippen LogP contribution in [-0.2, 0) is 14.3 Å². The number of hydrogen-bond acceptors (Lipinski definition) is 3. The first-order chi connectivity index (χ1) is 7.62. The molecule has 100 valence electrons. The van der Waals surface area contributed by atoms with Crippen LogP contribution in [0.3, 0.4) is 0 Å². The molecule has 0 saturated heterocycles. The number of unbranched alkanes of at least 4 members (excludes halogenated alkanes) is 6. The fourth-order valence-electron chi connectivity index (χ4n) is 1.45. The summed E-state index contributed by atoms with van der Waals surface area (Å²) in [6, 6.07) is 0. The van der Waals surface area contributed by atoms with Gasteiger partial charge in [0.25, 0.3) is 10.1 Å². The third-order valence-corrected chi connectivity index (χ3v) is 3.82. The van der Waals surface area contributed by atoms with E-state index >= 15 is 0 Å². The van der Waals surface area contributed by atoms with Crippen molar-refractivity contribution in [3.05, 3.63) is 0 Å². The van der Waals surface area contributed by atoms with E-state index in [0.717, 1.165) is 19.3 Å². The summed E-state index contributed by atoms with van der Waals surface area (Å²) < 4.78 is 27.5. The quantitative estimate of drug-likeness (QED) is 0.315. The van der Waals surface area contributed by atoms with E-state index in [-0.39, 0.29) is 36.7 Å². The molecule has 0 atom stereocenters. The van der Waals surface area contributed by atoms with Crippen LogP contribution >= 0.6 is 0 Å². The first-order valence-corrected chi connectivity index (χ1v) is 8.07. The second-order valence-corrected chi connectivity index (χ2v) is 5.96.